The fourth-order valence-electron chi connectivity index (χ4n) is 2.24. The van der Waals surface area contributed by atoms with E-state index in [0.29, 0.717) is 6.42 Å². The summed E-state index contributed by atoms with van der Waals surface area (Å²) in [7, 11) is 0. The van der Waals surface area contributed by atoms with Crippen molar-refractivity contribution in [1.29, 1.82) is 0 Å². The van der Waals surface area contributed by atoms with Gasteiger partial charge in [-0.05, 0) is 6.42 Å². The number of carboxylic acid groups (broad SMARTS) is 2. The minimum Gasteiger partial charge on any atom is -0.481 e. The third-order valence-corrected chi connectivity index (χ3v) is 3.73. The molecule has 0 rings (SSSR count). The van der Waals surface area contributed by atoms with Crippen molar-refractivity contribution in [2.45, 2.75) is 96.4 Å². The fourth-order valence-corrected chi connectivity index (χ4v) is 2.24. The molecular formula is C18H36N2O5. The van der Waals surface area contributed by atoms with Gasteiger partial charge < -0.3 is 21.7 Å². The average molecular weight is 360 g/mol. The minimum absolute atomic E-state index is 0.310. The van der Waals surface area contributed by atoms with E-state index in [4.69, 9.17) is 15.9 Å². The predicted octanol–water partition coefficient (Wildman–Crippen LogP) is 3.05. The number of nitrogens with two attached hydrogens (primary N) is 2. The number of unbranched alkanes of at least 4 members (excludes halogenated alkanes) is 10. The summed E-state index contributed by atoms with van der Waals surface area (Å²) in [4.78, 5) is 30.2. The number of primary amides is 1. The highest BCUT2D eigenvalue weighted by atomic mass is 16.4. The summed E-state index contributed by atoms with van der Waals surface area (Å²) in [5.74, 6) is -2.57. The van der Waals surface area contributed by atoms with Crippen molar-refractivity contribution in [2.75, 3.05) is 0 Å². The van der Waals surface area contributed by atoms with E-state index in [1.807, 2.05) is 0 Å². The lowest BCUT2D eigenvalue weighted by atomic mass is 10.1. The molecule has 6 N–H and O–H groups in total. The smallest absolute Gasteiger partial charge is 0.321 e. The molecule has 0 aromatic carbocycles. The normalized spacial score (nSPS) is 11.3. The minimum atomic E-state index is -1.21. The van der Waals surface area contributed by atoms with E-state index in [0.717, 1.165) is 12.8 Å². The third-order valence-electron chi connectivity index (χ3n) is 3.73. The quantitative estimate of drug-likeness (QED) is 0.330. The first-order chi connectivity index (χ1) is 11.8. The molecule has 0 aliphatic carbocycles. The van der Waals surface area contributed by atoms with Crippen LogP contribution in [0.15, 0.2) is 0 Å². The number of amides is 1. The van der Waals surface area contributed by atoms with Crippen LogP contribution in [0.4, 0.5) is 0 Å². The van der Waals surface area contributed by atoms with Crippen molar-refractivity contribution in [3.8, 4) is 0 Å². The van der Waals surface area contributed by atoms with Gasteiger partial charge in [-0.2, -0.15) is 0 Å². The van der Waals surface area contributed by atoms with Gasteiger partial charge in [0.1, 0.15) is 6.04 Å². The van der Waals surface area contributed by atoms with Crippen molar-refractivity contribution in [3.05, 3.63) is 0 Å². The number of carboxylic acids is 2. The summed E-state index contributed by atoms with van der Waals surface area (Å²) in [6.45, 7) is 2.25. The molecular weight excluding hydrogens is 324 g/mol. The zero-order valence-corrected chi connectivity index (χ0v) is 15.5. The summed E-state index contributed by atoms with van der Waals surface area (Å²) in [6.07, 6.45) is 14.0. The molecule has 0 fully saturated rings. The largest absolute Gasteiger partial charge is 0.481 e. The molecule has 1 atom stereocenters. The molecule has 0 aliphatic rings. The molecule has 0 saturated carbocycles. The second-order valence-corrected chi connectivity index (χ2v) is 6.29. The molecule has 0 radical (unpaired) electrons. The van der Waals surface area contributed by atoms with Crippen LogP contribution in [0, 0.1) is 0 Å². The predicted molar refractivity (Wildman–Crippen MR) is 98.1 cm³/mol. The van der Waals surface area contributed by atoms with Crippen molar-refractivity contribution in [2.24, 2.45) is 11.5 Å². The van der Waals surface area contributed by atoms with Gasteiger partial charge in [0.2, 0.25) is 5.91 Å². The van der Waals surface area contributed by atoms with Crippen molar-refractivity contribution in [1.82, 2.24) is 0 Å². The molecule has 0 heterocycles. The highest BCUT2D eigenvalue weighted by Gasteiger charge is 2.13. The Hall–Kier alpha value is -1.63. The summed E-state index contributed by atoms with van der Waals surface area (Å²) in [5, 5.41) is 16.6. The van der Waals surface area contributed by atoms with Crippen LogP contribution in [0.1, 0.15) is 90.4 Å². The number of rotatable bonds is 15. The maximum Gasteiger partial charge on any atom is 0.321 e. The van der Waals surface area contributed by atoms with E-state index < -0.39 is 23.9 Å². The van der Waals surface area contributed by atoms with Crippen molar-refractivity contribution >= 4 is 17.8 Å². The Bertz CT molecular complexity index is 361. The molecule has 0 aliphatic heterocycles. The molecule has 0 unspecified atom stereocenters. The van der Waals surface area contributed by atoms with Crippen LogP contribution in [0.2, 0.25) is 0 Å². The van der Waals surface area contributed by atoms with Gasteiger partial charge in [0.05, 0.1) is 6.42 Å². The second-order valence-electron chi connectivity index (χ2n) is 6.29. The average Bonchev–Trinajstić information content (AvgIpc) is 2.52. The van der Waals surface area contributed by atoms with Crippen LogP contribution in [0.5, 0.6) is 0 Å². The standard InChI is InChI=1S/C14H28O2.C4H8N2O3/c1-2-3-4-5-6-7-8-9-10-11-12-13-14(15)16;5-2(4(8)9)1-3(6)7/h2-13H2,1H3,(H,15,16);2H,1,5H2,(H2,6,7)(H,8,9)/t;2-/m.0/s1. The molecule has 148 valence electrons. The van der Waals surface area contributed by atoms with Crippen LogP contribution in [-0.2, 0) is 14.4 Å². The van der Waals surface area contributed by atoms with Crippen molar-refractivity contribution < 1.29 is 24.6 Å². The number of carbonyl (C=O) groups excluding carboxylic acids is 1. The Balaban J connectivity index is 0. The van der Waals surface area contributed by atoms with Crippen LogP contribution in [-0.4, -0.2) is 34.1 Å². The second kappa shape index (κ2) is 18.7. The lowest BCUT2D eigenvalue weighted by molar-refractivity contribution is -0.140. The maximum absolute atomic E-state index is 10.3. The molecule has 0 saturated heterocycles. The first-order valence-electron chi connectivity index (χ1n) is 9.29. The Kier molecular flexibility index (Phi) is 19.2. The Morgan fingerprint density at radius 3 is 1.48 bits per heavy atom. The Morgan fingerprint density at radius 2 is 1.20 bits per heavy atom. The van der Waals surface area contributed by atoms with Gasteiger partial charge in [0, 0.05) is 6.42 Å². The Morgan fingerprint density at radius 1 is 0.800 bits per heavy atom. The van der Waals surface area contributed by atoms with E-state index in [1.54, 1.807) is 0 Å². The summed E-state index contributed by atoms with van der Waals surface area (Å²) >= 11 is 0. The molecule has 0 bridgehead atoms. The van der Waals surface area contributed by atoms with Crippen LogP contribution < -0.4 is 11.5 Å². The van der Waals surface area contributed by atoms with Gasteiger partial charge in [-0.3, -0.25) is 14.4 Å². The number of hydrogen-bond acceptors (Lipinski definition) is 4. The van der Waals surface area contributed by atoms with Gasteiger partial charge in [-0.1, -0.05) is 71.1 Å². The molecule has 25 heavy (non-hydrogen) atoms. The fraction of sp³-hybridized carbons (Fsp3) is 0.833. The van der Waals surface area contributed by atoms with E-state index in [9.17, 15) is 14.4 Å². The van der Waals surface area contributed by atoms with E-state index in [2.05, 4.69) is 12.7 Å². The maximum atomic E-state index is 10.3. The topological polar surface area (TPSA) is 144 Å². The summed E-state index contributed by atoms with van der Waals surface area (Å²) in [5.41, 5.74) is 9.57. The van der Waals surface area contributed by atoms with E-state index >= 15 is 0 Å². The number of aliphatic carboxylic acids is 2. The van der Waals surface area contributed by atoms with Gasteiger partial charge in [-0.25, -0.2) is 0 Å². The summed E-state index contributed by atoms with van der Waals surface area (Å²) < 4.78 is 0. The van der Waals surface area contributed by atoms with Crippen LogP contribution in [0.25, 0.3) is 0 Å². The lowest BCUT2D eigenvalue weighted by Crippen LogP contribution is -2.34. The zero-order valence-electron chi connectivity index (χ0n) is 15.5. The first kappa shape index (κ1) is 25.6. The van der Waals surface area contributed by atoms with E-state index in [1.165, 1.54) is 57.8 Å². The molecule has 1 amide bonds. The lowest BCUT2D eigenvalue weighted by Gasteiger charge is -2.01. The van der Waals surface area contributed by atoms with Gasteiger partial charge in [-0.15, -0.1) is 0 Å². The van der Waals surface area contributed by atoms with Crippen molar-refractivity contribution in [3.63, 3.8) is 0 Å². The van der Waals surface area contributed by atoms with Crippen LogP contribution >= 0.6 is 0 Å². The van der Waals surface area contributed by atoms with Crippen LogP contribution in [0.3, 0.4) is 0 Å². The van der Waals surface area contributed by atoms with Gasteiger partial charge in [0.15, 0.2) is 0 Å². The number of carbonyl (C=O) groups is 3. The monoisotopic (exact) mass is 360 g/mol. The van der Waals surface area contributed by atoms with Gasteiger partial charge in [0.25, 0.3) is 0 Å². The molecule has 0 spiro atoms. The Labute approximate surface area is 151 Å². The molecule has 0 aromatic heterocycles. The molecule has 7 heteroatoms. The molecule has 0 aromatic rings. The third kappa shape index (κ3) is 24.7. The molecule has 7 nitrogen and oxygen atoms in total. The first-order valence-corrected chi connectivity index (χ1v) is 9.29. The highest BCUT2D eigenvalue weighted by Crippen LogP contribution is 2.11. The SMILES string of the molecule is CCCCCCCCCCCCCC(=O)O.NC(=O)C[C@H](N)C(=O)O. The number of hydrogen-bond donors (Lipinski definition) is 4. The van der Waals surface area contributed by atoms with E-state index in [-0.39, 0.29) is 6.42 Å². The highest BCUT2D eigenvalue weighted by molar-refractivity contribution is 5.83. The summed E-state index contributed by atoms with van der Waals surface area (Å²) in [6, 6.07) is -1.16. The zero-order chi connectivity index (χ0) is 19.5. The van der Waals surface area contributed by atoms with Gasteiger partial charge >= 0.3 is 11.9 Å².